The van der Waals surface area contributed by atoms with Gasteiger partial charge < -0.3 is 5.32 Å². The first-order valence-corrected chi connectivity index (χ1v) is 13.4. The predicted octanol–water partition coefficient (Wildman–Crippen LogP) is 4.92. The average molecular weight is 460 g/mol. The molecule has 2 aliphatic carbocycles. The van der Waals surface area contributed by atoms with Gasteiger partial charge in [-0.3, -0.25) is 14.2 Å². The number of aryl methyl sites for hydroxylation is 2. The largest absolute Gasteiger partial charge is 0.350 e. The maximum absolute atomic E-state index is 13.6. The fraction of sp³-hybridized carbons (Fsp3) is 0.500. The van der Waals surface area contributed by atoms with Crippen molar-refractivity contribution in [2.75, 3.05) is 5.75 Å². The van der Waals surface area contributed by atoms with Crippen molar-refractivity contribution in [3.8, 4) is 0 Å². The molecule has 0 radical (unpaired) electrons. The van der Waals surface area contributed by atoms with Crippen molar-refractivity contribution in [1.82, 2.24) is 14.9 Å². The number of hydrogen-bond acceptors (Lipinski definition) is 6. The van der Waals surface area contributed by atoms with E-state index in [4.69, 9.17) is 4.98 Å². The van der Waals surface area contributed by atoms with Gasteiger partial charge in [0.05, 0.1) is 17.7 Å². The molecule has 30 heavy (non-hydrogen) atoms. The Kier molecular flexibility index (Phi) is 5.98. The molecule has 1 amide bonds. The van der Waals surface area contributed by atoms with Crippen LogP contribution in [-0.2, 0) is 24.2 Å². The van der Waals surface area contributed by atoms with Gasteiger partial charge in [-0.1, -0.05) is 30.7 Å². The lowest BCUT2D eigenvalue weighted by molar-refractivity contribution is -0.118. The molecule has 0 spiro atoms. The molecule has 158 valence electrons. The molecular weight excluding hydrogens is 434 g/mol. The summed E-state index contributed by atoms with van der Waals surface area (Å²) in [4.78, 5) is 34.3. The molecule has 3 aromatic heterocycles. The van der Waals surface area contributed by atoms with Gasteiger partial charge in [-0.25, -0.2) is 4.98 Å². The monoisotopic (exact) mass is 459 g/mol. The third-order valence-electron chi connectivity index (χ3n) is 6.05. The Bertz CT molecular complexity index is 1110. The zero-order valence-corrected chi connectivity index (χ0v) is 19.3. The zero-order chi connectivity index (χ0) is 20.5. The van der Waals surface area contributed by atoms with E-state index in [2.05, 4.69) is 5.32 Å². The summed E-state index contributed by atoms with van der Waals surface area (Å²) in [6, 6.07) is 4.22. The topological polar surface area (TPSA) is 64.0 Å². The number of nitrogens with zero attached hydrogens (tertiary/aromatic N) is 2. The van der Waals surface area contributed by atoms with Crippen LogP contribution in [0.2, 0.25) is 0 Å². The van der Waals surface area contributed by atoms with Crippen molar-refractivity contribution in [2.24, 2.45) is 0 Å². The van der Waals surface area contributed by atoms with E-state index < -0.39 is 0 Å². The molecule has 0 bridgehead atoms. The Morgan fingerprint density at radius 3 is 2.87 bits per heavy atom. The van der Waals surface area contributed by atoms with Crippen LogP contribution >= 0.6 is 34.4 Å². The number of fused-ring (bicyclic) bond motifs is 3. The Balaban J connectivity index is 1.43. The fourth-order valence-corrected chi connectivity index (χ4v) is 7.41. The van der Waals surface area contributed by atoms with E-state index in [0.717, 1.165) is 60.0 Å². The minimum Gasteiger partial charge on any atom is -0.350 e. The smallest absolute Gasteiger partial charge is 0.263 e. The van der Waals surface area contributed by atoms with Crippen LogP contribution in [0.25, 0.3) is 10.2 Å². The highest BCUT2D eigenvalue weighted by Gasteiger charge is 2.27. The second-order valence-electron chi connectivity index (χ2n) is 8.04. The van der Waals surface area contributed by atoms with E-state index in [9.17, 15) is 9.59 Å². The third kappa shape index (κ3) is 3.97. The van der Waals surface area contributed by atoms with Gasteiger partial charge in [0.25, 0.3) is 5.56 Å². The standard InChI is InChI=1S/C22H25N3O2S3/c26-18(23-12-15-8-5-11-28-15)13-29-22-24-20-19(16-9-3-4-10-17(16)30-20)21(27)25(22)14-6-1-2-7-14/h5,8,11,14H,1-4,6-7,9-10,12-13H2,(H,23,26). The molecule has 0 atom stereocenters. The summed E-state index contributed by atoms with van der Waals surface area (Å²) >= 11 is 4.73. The molecule has 1 saturated carbocycles. The molecule has 1 fully saturated rings. The van der Waals surface area contributed by atoms with E-state index in [1.807, 2.05) is 22.1 Å². The molecule has 5 rings (SSSR count). The Morgan fingerprint density at radius 1 is 1.23 bits per heavy atom. The van der Waals surface area contributed by atoms with Crippen molar-refractivity contribution in [1.29, 1.82) is 0 Å². The van der Waals surface area contributed by atoms with Crippen molar-refractivity contribution >= 4 is 50.6 Å². The number of rotatable bonds is 6. The minimum atomic E-state index is -0.0220. The van der Waals surface area contributed by atoms with Gasteiger partial charge in [0, 0.05) is 15.8 Å². The number of thiophene rings is 2. The molecule has 5 nitrogen and oxygen atoms in total. The van der Waals surface area contributed by atoms with Gasteiger partial charge in [0.2, 0.25) is 5.91 Å². The molecule has 2 aliphatic rings. The van der Waals surface area contributed by atoms with Crippen LogP contribution in [0.5, 0.6) is 0 Å². The number of aromatic nitrogens is 2. The summed E-state index contributed by atoms with van der Waals surface area (Å²) in [6.45, 7) is 0.552. The quantitative estimate of drug-likeness (QED) is 0.420. The van der Waals surface area contributed by atoms with Crippen LogP contribution in [0.4, 0.5) is 0 Å². The number of thioether (sulfide) groups is 1. The van der Waals surface area contributed by atoms with Crippen molar-refractivity contribution in [3.63, 3.8) is 0 Å². The highest BCUT2D eigenvalue weighted by atomic mass is 32.2. The lowest BCUT2D eigenvalue weighted by Gasteiger charge is -2.18. The molecule has 0 aromatic carbocycles. The predicted molar refractivity (Wildman–Crippen MR) is 125 cm³/mol. The minimum absolute atomic E-state index is 0.0220. The van der Waals surface area contributed by atoms with Gasteiger partial charge >= 0.3 is 0 Å². The molecule has 0 saturated heterocycles. The second kappa shape index (κ2) is 8.85. The Labute approximate surface area is 187 Å². The van der Waals surface area contributed by atoms with Crippen LogP contribution in [0, 0.1) is 0 Å². The molecule has 0 unspecified atom stereocenters. The summed E-state index contributed by atoms with van der Waals surface area (Å²) in [6.07, 6.45) is 8.77. The zero-order valence-electron chi connectivity index (χ0n) is 16.8. The van der Waals surface area contributed by atoms with Gasteiger partial charge in [0.15, 0.2) is 5.16 Å². The molecule has 3 aromatic rings. The Morgan fingerprint density at radius 2 is 2.07 bits per heavy atom. The summed E-state index contributed by atoms with van der Waals surface area (Å²) < 4.78 is 1.92. The number of hydrogen-bond donors (Lipinski definition) is 1. The van der Waals surface area contributed by atoms with Gasteiger partial charge in [-0.15, -0.1) is 22.7 Å². The molecule has 3 heterocycles. The van der Waals surface area contributed by atoms with Gasteiger partial charge in [-0.2, -0.15) is 0 Å². The number of nitrogens with one attached hydrogen (secondary N) is 1. The molecular formula is C22H25N3O2S3. The molecule has 1 N–H and O–H groups in total. The van der Waals surface area contributed by atoms with Crippen LogP contribution in [0.3, 0.4) is 0 Å². The van der Waals surface area contributed by atoms with Crippen molar-refractivity contribution in [3.05, 3.63) is 43.2 Å². The lowest BCUT2D eigenvalue weighted by Crippen LogP contribution is -2.28. The summed E-state index contributed by atoms with van der Waals surface area (Å²) in [5, 5.41) is 6.55. The number of carbonyl (C=O) groups is 1. The SMILES string of the molecule is O=C(CSc1nc2sc3c(c2c(=O)n1C1CCCC1)CCCC3)NCc1cccs1. The molecule has 8 heteroatoms. The van der Waals surface area contributed by atoms with Crippen LogP contribution < -0.4 is 10.9 Å². The summed E-state index contributed by atoms with van der Waals surface area (Å²) in [5.41, 5.74) is 1.36. The van der Waals surface area contributed by atoms with Crippen molar-refractivity contribution < 1.29 is 4.79 Å². The molecule has 0 aliphatic heterocycles. The number of amides is 1. The van der Waals surface area contributed by atoms with Gasteiger partial charge in [0.1, 0.15) is 4.83 Å². The van der Waals surface area contributed by atoms with E-state index in [-0.39, 0.29) is 23.3 Å². The maximum atomic E-state index is 13.6. The van der Waals surface area contributed by atoms with Crippen LogP contribution in [-0.4, -0.2) is 21.2 Å². The second-order valence-corrected chi connectivity index (χ2v) is 11.1. The van der Waals surface area contributed by atoms with Crippen LogP contribution in [0.1, 0.15) is 59.9 Å². The van der Waals surface area contributed by atoms with E-state index in [0.29, 0.717) is 11.7 Å². The average Bonchev–Trinajstić information content (AvgIpc) is 3.51. The van der Waals surface area contributed by atoms with E-state index in [1.54, 1.807) is 22.7 Å². The van der Waals surface area contributed by atoms with E-state index >= 15 is 0 Å². The lowest BCUT2D eigenvalue weighted by atomic mass is 9.97. The summed E-state index contributed by atoms with van der Waals surface area (Å²) in [7, 11) is 0. The normalized spacial score (nSPS) is 16.8. The highest BCUT2D eigenvalue weighted by Crippen LogP contribution is 2.37. The number of carbonyl (C=O) groups excluding carboxylic acids is 1. The first-order chi connectivity index (χ1) is 14.7. The Hall–Kier alpha value is -1.64. The van der Waals surface area contributed by atoms with Gasteiger partial charge in [-0.05, 0) is 55.5 Å². The first-order valence-electron chi connectivity index (χ1n) is 10.7. The fourth-order valence-electron chi connectivity index (χ4n) is 4.57. The summed E-state index contributed by atoms with van der Waals surface area (Å²) in [5.74, 6) is 0.257. The van der Waals surface area contributed by atoms with Crippen molar-refractivity contribution in [2.45, 2.75) is 69.1 Å². The van der Waals surface area contributed by atoms with E-state index in [1.165, 1.54) is 28.6 Å². The third-order valence-corrected chi connectivity index (χ3v) is 9.07. The maximum Gasteiger partial charge on any atom is 0.263 e. The van der Waals surface area contributed by atoms with Crippen LogP contribution in [0.15, 0.2) is 27.5 Å². The highest BCUT2D eigenvalue weighted by molar-refractivity contribution is 7.99. The first kappa shape index (κ1) is 20.3.